The molecule has 132 valence electrons. The fourth-order valence-electron chi connectivity index (χ4n) is 2.88. The van der Waals surface area contributed by atoms with E-state index in [2.05, 4.69) is 20.4 Å². The molecule has 1 aromatic rings. The van der Waals surface area contributed by atoms with Gasteiger partial charge in [0, 0.05) is 32.2 Å². The van der Waals surface area contributed by atoms with Gasteiger partial charge in [-0.15, -0.1) is 0 Å². The Morgan fingerprint density at radius 2 is 2.04 bits per heavy atom. The number of piperazine rings is 1. The summed E-state index contributed by atoms with van der Waals surface area (Å²) in [5.74, 6) is 0.880. The van der Waals surface area contributed by atoms with Crippen molar-refractivity contribution in [3.05, 3.63) is 24.2 Å². The van der Waals surface area contributed by atoms with Crippen molar-refractivity contribution in [1.29, 1.82) is 0 Å². The Morgan fingerprint density at radius 1 is 1.29 bits per heavy atom. The molecule has 1 aliphatic heterocycles. The van der Waals surface area contributed by atoms with Crippen LogP contribution in [-0.4, -0.2) is 66.4 Å². The molecule has 2 fully saturated rings. The predicted octanol–water partition coefficient (Wildman–Crippen LogP) is 0.181. The van der Waals surface area contributed by atoms with E-state index >= 15 is 0 Å². The Balaban J connectivity index is 1.35. The minimum absolute atomic E-state index is 0.000579. The van der Waals surface area contributed by atoms with Gasteiger partial charge in [0.1, 0.15) is 5.76 Å². The third-order valence-corrected chi connectivity index (χ3v) is 4.66. The van der Waals surface area contributed by atoms with E-state index in [0.717, 1.165) is 44.8 Å². The number of nitrogens with zero attached hydrogens (tertiary/aromatic N) is 2. The maximum Gasteiger partial charge on any atom is 0.237 e. The van der Waals surface area contributed by atoms with Crippen LogP contribution in [0.5, 0.6) is 0 Å². The zero-order chi connectivity index (χ0) is 16.9. The molecule has 24 heavy (non-hydrogen) atoms. The van der Waals surface area contributed by atoms with Crippen molar-refractivity contribution in [3.63, 3.8) is 0 Å². The standard InChI is InChI=1S/C17H26N4O3/c1-13(17(23)19-14-4-5-14)21-8-6-20(7-9-21)12-16(22)18-11-15-3-2-10-24-15/h2-3,10,13-14H,4-9,11-12H2,1H3,(H,18,22)(H,19,23). The number of carbonyl (C=O) groups is 2. The molecule has 2 aliphatic rings. The summed E-state index contributed by atoms with van der Waals surface area (Å²) in [5, 5.41) is 5.92. The lowest BCUT2D eigenvalue weighted by Crippen LogP contribution is -2.55. The first-order valence-electron chi connectivity index (χ1n) is 8.67. The maximum atomic E-state index is 12.1. The fraction of sp³-hybridized carbons (Fsp3) is 0.647. The summed E-state index contributed by atoms with van der Waals surface area (Å²) in [6.45, 7) is 5.99. The summed E-state index contributed by atoms with van der Waals surface area (Å²) in [4.78, 5) is 28.4. The molecule has 0 aromatic carbocycles. The average molecular weight is 334 g/mol. The third kappa shape index (κ3) is 4.82. The lowest BCUT2D eigenvalue weighted by Gasteiger charge is -2.37. The van der Waals surface area contributed by atoms with Crippen molar-refractivity contribution in [3.8, 4) is 0 Å². The highest BCUT2D eigenvalue weighted by molar-refractivity contribution is 5.82. The molecule has 1 atom stereocenters. The molecule has 1 aliphatic carbocycles. The van der Waals surface area contributed by atoms with Gasteiger partial charge in [-0.05, 0) is 31.9 Å². The molecule has 2 heterocycles. The zero-order valence-electron chi connectivity index (χ0n) is 14.2. The number of amides is 2. The van der Waals surface area contributed by atoms with Crippen molar-refractivity contribution < 1.29 is 14.0 Å². The quantitative estimate of drug-likeness (QED) is 0.744. The van der Waals surface area contributed by atoms with E-state index in [1.165, 1.54) is 0 Å². The summed E-state index contributed by atoms with van der Waals surface area (Å²) in [6.07, 6.45) is 3.82. The van der Waals surface area contributed by atoms with E-state index in [4.69, 9.17) is 4.42 Å². The third-order valence-electron chi connectivity index (χ3n) is 4.66. The van der Waals surface area contributed by atoms with Crippen molar-refractivity contribution in [2.24, 2.45) is 0 Å². The number of hydrogen-bond donors (Lipinski definition) is 2. The van der Waals surface area contributed by atoms with Gasteiger partial charge in [-0.2, -0.15) is 0 Å². The average Bonchev–Trinajstić information content (AvgIpc) is 3.24. The normalized spacial score (nSPS) is 20.5. The minimum atomic E-state index is -0.0967. The van der Waals surface area contributed by atoms with Crippen LogP contribution < -0.4 is 10.6 Å². The number of hydrogen-bond acceptors (Lipinski definition) is 5. The number of nitrogens with one attached hydrogen (secondary N) is 2. The van der Waals surface area contributed by atoms with Crippen molar-refractivity contribution in [1.82, 2.24) is 20.4 Å². The van der Waals surface area contributed by atoms with E-state index in [1.54, 1.807) is 12.3 Å². The lowest BCUT2D eigenvalue weighted by molar-refractivity contribution is -0.128. The predicted molar refractivity (Wildman–Crippen MR) is 89.2 cm³/mol. The molecule has 0 spiro atoms. The molecule has 2 amide bonds. The maximum absolute atomic E-state index is 12.1. The smallest absolute Gasteiger partial charge is 0.237 e. The zero-order valence-corrected chi connectivity index (χ0v) is 14.2. The van der Waals surface area contributed by atoms with Crippen LogP contribution in [0.15, 0.2) is 22.8 Å². The Morgan fingerprint density at radius 3 is 2.67 bits per heavy atom. The number of rotatable bonds is 7. The molecule has 7 heteroatoms. The topological polar surface area (TPSA) is 77.8 Å². The largest absolute Gasteiger partial charge is 0.467 e. The Bertz CT molecular complexity index is 548. The van der Waals surface area contributed by atoms with Crippen LogP contribution in [0.3, 0.4) is 0 Å². The highest BCUT2D eigenvalue weighted by Gasteiger charge is 2.30. The molecule has 1 saturated carbocycles. The molecular weight excluding hydrogens is 308 g/mol. The summed E-state index contributed by atoms with van der Waals surface area (Å²) in [7, 11) is 0. The van der Waals surface area contributed by atoms with Gasteiger partial charge in [0.05, 0.1) is 25.4 Å². The highest BCUT2D eigenvalue weighted by Crippen LogP contribution is 2.19. The van der Waals surface area contributed by atoms with Gasteiger partial charge >= 0.3 is 0 Å². The van der Waals surface area contributed by atoms with Crippen LogP contribution in [0.25, 0.3) is 0 Å². The van der Waals surface area contributed by atoms with Crippen LogP contribution >= 0.6 is 0 Å². The van der Waals surface area contributed by atoms with Crippen LogP contribution in [0.1, 0.15) is 25.5 Å². The highest BCUT2D eigenvalue weighted by atomic mass is 16.3. The van der Waals surface area contributed by atoms with E-state index in [1.807, 2.05) is 13.0 Å². The monoisotopic (exact) mass is 334 g/mol. The van der Waals surface area contributed by atoms with Gasteiger partial charge in [0.2, 0.25) is 11.8 Å². The van der Waals surface area contributed by atoms with Gasteiger partial charge in [-0.3, -0.25) is 19.4 Å². The first kappa shape index (κ1) is 17.0. The van der Waals surface area contributed by atoms with Crippen LogP contribution in [0.4, 0.5) is 0 Å². The van der Waals surface area contributed by atoms with Gasteiger partial charge in [-0.25, -0.2) is 0 Å². The first-order chi connectivity index (χ1) is 11.6. The van der Waals surface area contributed by atoms with Crippen LogP contribution in [0.2, 0.25) is 0 Å². The van der Waals surface area contributed by atoms with E-state index in [-0.39, 0.29) is 17.9 Å². The Hall–Kier alpha value is -1.86. The molecule has 2 N–H and O–H groups in total. The first-order valence-corrected chi connectivity index (χ1v) is 8.67. The summed E-state index contributed by atoms with van der Waals surface area (Å²) >= 11 is 0. The summed E-state index contributed by atoms with van der Waals surface area (Å²) in [6, 6.07) is 3.95. The van der Waals surface area contributed by atoms with E-state index in [0.29, 0.717) is 19.1 Å². The van der Waals surface area contributed by atoms with Gasteiger partial charge in [-0.1, -0.05) is 0 Å². The number of carbonyl (C=O) groups excluding carboxylic acids is 2. The van der Waals surface area contributed by atoms with Gasteiger partial charge in [0.15, 0.2) is 0 Å². The van der Waals surface area contributed by atoms with Crippen molar-refractivity contribution >= 4 is 11.8 Å². The van der Waals surface area contributed by atoms with E-state index < -0.39 is 0 Å². The lowest BCUT2D eigenvalue weighted by atomic mass is 10.2. The van der Waals surface area contributed by atoms with Gasteiger partial charge in [0.25, 0.3) is 0 Å². The SMILES string of the molecule is CC(C(=O)NC1CC1)N1CCN(CC(=O)NCc2ccco2)CC1. The second-order valence-corrected chi connectivity index (χ2v) is 6.63. The Kier molecular flexibility index (Phi) is 5.52. The van der Waals surface area contributed by atoms with Gasteiger partial charge < -0.3 is 15.1 Å². The molecular formula is C17H26N4O3. The fourth-order valence-corrected chi connectivity index (χ4v) is 2.88. The molecule has 1 saturated heterocycles. The van der Waals surface area contributed by atoms with Crippen molar-refractivity contribution in [2.75, 3.05) is 32.7 Å². The number of furan rings is 1. The molecule has 1 unspecified atom stereocenters. The molecule has 0 radical (unpaired) electrons. The van der Waals surface area contributed by atoms with Crippen LogP contribution in [0, 0.1) is 0 Å². The molecule has 3 rings (SSSR count). The summed E-state index contributed by atoms with van der Waals surface area (Å²) in [5.41, 5.74) is 0. The second kappa shape index (κ2) is 7.81. The Labute approximate surface area is 142 Å². The van der Waals surface area contributed by atoms with Crippen molar-refractivity contribution in [2.45, 2.75) is 38.4 Å². The molecule has 1 aromatic heterocycles. The van der Waals surface area contributed by atoms with Crippen LogP contribution in [-0.2, 0) is 16.1 Å². The molecule has 0 bridgehead atoms. The second-order valence-electron chi connectivity index (χ2n) is 6.63. The summed E-state index contributed by atoms with van der Waals surface area (Å²) < 4.78 is 5.20. The van der Waals surface area contributed by atoms with E-state index in [9.17, 15) is 9.59 Å². The molecule has 7 nitrogen and oxygen atoms in total. The minimum Gasteiger partial charge on any atom is -0.467 e.